The summed E-state index contributed by atoms with van der Waals surface area (Å²) >= 11 is 0. The second-order valence-electron chi connectivity index (χ2n) is 7.47. The van der Waals surface area contributed by atoms with Gasteiger partial charge in [-0.3, -0.25) is 0 Å². The average molecular weight is 330 g/mol. The molecule has 1 aromatic carbocycles. The molecule has 2 saturated heterocycles. The highest BCUT2D eigenvalue weighted by molar-refractivity contribution is 5.89. The van der Waals surface area contributed by atoms with Crippen molar-refractivity contribution < 1.29 is 14.3 Å². The predicted octanol–water partition coefficient (Wildman–Crippen LogP) is 3.37. The van der Waals surface area contributed by atoms with E-state index in [2.05, 4.69) is 17.4 Å². The summed E-state index contributed by atoms with van der Waals surface area (Å²) in [5.41, 5.74) is 1.93. The maximum Gasteiger partial charge on any atom is 0.322 e. The van der Waals surface area contributed by atoms with Crippen LogP contribution in [0.4, 0.5) is 10.5 Å². The Kier molecular flexibility index (Phi) is 4.22. The fourth-order valence-electron chi connectivity index (χ4n) is 3.97. The van der Waals surface area contributed by atoms with Crippen molar-refractivity contribution in [2.75, 3.05) is 31.6 Å². The monoisotopic (exact) mass is 330 g/mol. The first-order chi connectivity index (χ1) is 11.6. The van der Waals surface area contributed by atoms with Crippen LogP contribution < -0.4 is 5.32 Å². The van der Waals surface area contributed by atoms with Gasteiger partial charge in [-0.1, -0.05) is 18.6 Å². The van der Waals surface area contributed by atoms with Crippen molar-refractivity contribution in [1.29, 1.82) is 0 Å². The van der Waals surface area contributed by atoms with Crippen LogP contribution in [0.15, 0.2) is 24.3 Å². The number of carbonyl (C=O) groups excluding carboxylic acids is 1. The predicted molar refractivity (Wildman–Crippen MR) is 92.3 cm³/mol. The minimum atomic E-state index is -0.316. The van der Waals surface area contributed by atoms with Crippen LogP contribution in [0.2, 0.25) is 0 Å². The van der Waals surface area contributed by atoms with E-state index < -0.39 is 0 Å². The lowest BCUT2D eigenvalue weighted by Crippen LogP contribution is -2.57. The van der Waals surface area contributed by atoms with Crippen LogP contribution in [0.5, 0.6) is 0 Å². The number of hydrogen-bond donors (Lipinski definition) is 1. The smallest absolute Gasteiger partial charge is 0.322 e. The molecule has 0 unspecified atom stereocenters. The number of hydrogen-bond acceptors (Lipinski definition) is 3. The number of morpholine rings is 1. The van der Waals surface area contributed by atoms with Gasteiger partial charge in [-0.05, 0) is 43.4 Å². The molecule has 3 aliphatic rings. The lowest BCUT2D eigenvalue weighted by atomic mass is 9.80. The molecule has 4 rings (SSSR count). The number of rotatable bonds is 2. The summed E-state index contributed by atoms with van der Waals surface area (Å²) in [4.78, 5) is 14.5. The summed E-state index contributed by atoms with van der Waals surface area (Å²) in [6.07, 6.45) is 4.82. The Hall–Kier alpha value is -1.59. The van der Waals surface area contributed by atoms with Gasteiger partial charge in [0, 0.05) is 25.3 Å². The third-order valence-corrected chi connectivity index (χ3v) is 5.50. The topological polar surface area (TPSA) is 50.8 Å². The van der Waals surface area contributed by atoms with Gasteiger partial charge in [0.05, 0.1) is 19.3 Å². The van der Waals surface area contributed by atoms with Crippen LogP contribution in [-0.4, -0.2) is 48.9 Å². The highest BCUT2D eigenvalue weighted by Gasteiger charge is 2.44. The van der Waals surface area contributed by atoms with Crippen molar-refractivity contribution in [2.45, 2.75) is 50.2 Å². The molecule has 3 fully saturated rings. The number of nitrogens with one attached hydrogen (secondary N) is 1. The maximum atomic E-state index is 12.7. The molecular weight excluding hydrogens is 304 g/mol. The highest BCUT2D eigenvalue weighted by Crippen LogP contribution is 2.36. The minimum absolute atomic E-state index is 0.0344. The fraction of sp³-hybridized carbons (Fsp3) is 0.632. The number of nitrogens with zero attached hydrogens (tertiary/aromatic N) is 1. The Balaban J connectivity index is 1.39. The van der Waals surface area contributed by atoms with Crippen LogP contribution in [0.3, 0.4) is 0 Å². The second-order valence-corrected chi connectivity index (χ2v) is 7.47. The average Bonchev–Trinajstić information content (AvgIpc) is 2.94. The van der Waals surface area contributed by atoms with Crippen molar-refractivity contribution >= 4 is 11.7 Å². The van der Waals surface area contributed by atoms with Crippen LogP contribution in [0.1, 0.15) is 44.1 Å². The van der Waals surface area contributed by atoms with Crippen LogP contribution in [-0.2, 0) is 9.47 Å². The van der Waals surface area contributed by atoms with Gasteiger partial charge in [0.25, 0.3) is 0 Å². The van der Waals surface area contributed by atoms with E-state index in [1.807, 2.05) is 24.0 Å². The molecule has 0 bridgehead atoms. The molecule has 0 radical (unpaired) electrons. The van der Waals surface area contributed by atoms with Crippen molar-refractivity contribution in [3.05, 3.63) is 29.8 Å². The zero-order valence-corrected chi connectivity index (χ0v) is 14.3. The van der Waals surface area contributed by atoms with Gasteiger partial charge in [-0.2, -0.15) is 0 Å². The summed E-state index contributed by atoms with van der Waals surface area (Å²) in [6.45, 7) is 4.53. The van der Waals surface area contributed by atoms with E-state index in [4.69, 9.17) is 9.47 Å². The van der Waals surface area contributed by atoms with E-state index in [0.29, 0.717) is 26.3 Å². The van der Waals surface area contributed by atoms with E-state index >= 15 is 0 Å². The van der Waals surface area contributed by atoms with Crippen LogP contribution >= 0.6 is 0 Å². The SMILES string of the molecule is C[C@H]1CN(C(=O)Nc2ccc(C3CCC3)cc2)C[C@@]2(CCOC2)O1. The van der Waals surface area contributed by atoms with Gasteiger partial charge >= 0.3 is 6.03 Å². The molecule has 130 valence electrons. The summed E-state index contributed by atoms with van der Waals surface area (Å²) in [7, 11) is 0. The zero-order valence-electron chi connectivity index (χ0n) is 14.3. The third-order valence-electron chi connectivity index (χ3n) is 5.50. The lowest BCUT2D eigenvalue weighted by Gasteiger charge is -2.42. The fourth-order valence-corrected chi connectivity index (χ4v) is 3.97. The van der Waals surface area contributed by atoms with Gasteiger partial charge in [0.2, 0.25) is 0 Å². The standard InChI is InChI=1S/C19H26N2O3/c1-14-11-21(12-19(24-14)9-10-23-13-19)18(22)20-17-7-5-16(6-8-17)15-3-2-4-15/h5-8,14-15H,2-4,9-13H2,1H3,(H,20,22)/t14-,19+/m0/s1. The third kappa shape index (κ3) is 3.15. The molecule has 1 N–H and O–H groups in total. The number of carbonyl (C=O) groups is 1. The first kappa shape index (κ1) is 15.9. The summed E-state index contributed by atoms with van der Waals surface area (Å²) in [5, 5.41) is 3.03. The number of benzene rings is 1. The quantitative estimate of drug-likeness (QED) is 0.904. The molecule has 2 aliphatic heterocycles. The summed E-state index contributed by atoms with van der Waals surface area (Å²) < 4.78 is 11.6. The molecule has 24 heavy (non-hydrogen) atoms. The Labute approximate surface area is 143 Å². The number of urea groups is 1. The normalized spacial score (nSPS) is 30.4. The van der Waals surface area contributed by atoms with E-state index in [-0.39, 0.29) is 17.7 Å². The Morgan fingerprint density at radius 2 is 2.08 bits per heavy atom. The van der Waals surface area contributed by atoms with Gasteiger partial charge in [0.15, 0.2) is 0 Å². The van der Waals surface area contributed by atoms with Crippen molar-refractivity contribution in [2.24, 2.45) is 0 Å². The highest BCUT2D eigenvalue weighted by atomic mass is 16.6. The van der Waals surface area contributed by atoms with Gasteiger partial charge in [-0.15, -0.1) is 0 Å². The number of ether oxygens (including phenoxy) is 2. The molecule has 5 heteroatoms. The van der Waals surface area contributed by atoms with Gasteiger partial charge in [-0.25, -0.2) is 4.79 Å². The molecule has 1 aromatic rings. The maximum absolute atomic E-state index is 12.7. The molecule has 0 aromatic heterocycles. The zero-order chi connectivity index (χ0) is 16.6. The van der Waals surface area contributed by atoms with Crippen LogP contribution in [0, 0.1) is 0 Å². The molecule has 2 amide bonds. The van der Waals surface area contributed by atoms with E-state index in [1.165, 1.54) is 24.8 Å². The Morgan fingerprint density at radius 1 is 1.29 bits per heavy atom. The Bertz CT molecular complexity index is 591. The number of amides is 2. The van der Waals surface area contributed by atoms with Gasteiger partial charge in [0.1, 0.15) is 5.60 Å². The van der Waals surface area contributed by atoms with Crippen molar-refractivity contribution in [3.8, 4) is 0 Å². The van der Waals surface area contributed by atoms with Crippen molar-refractivity contribution in [3.63, 3.8) is 0 Å². The first-order valence-electron chi connectivity index (χ1n) is 9.05. The summed E-state index contributed by atoms with van der Waals surface area (Å²) in [5.74, 6) is 0.720. The molecular formula is C19H26N2O3. The van der Waals surface area contributed by atoms with E-state index in [9.17, 15) is 4.79 Å². The molecule has 5 nitrogen and oxygen atoms in total. The Morgan fingerprint density at radius 3 is 2.71 bits per heavy atom. The van der Waals surface area contributed by atoms with Crippen LogP contribution in [0.25, 0.3) is 0 Å². The van der Waals surface area contributed by atoms with E-state index in [1.54, 1.807) is 0 Å². The second kappa shape index (κ2) is 6.37. The minimum Gasteiger partial charge on any atom is -0.378 e. The number of anilines is 1. The molecule has 1 saturated carbocycles. The summed E-state index contributed by atoms with van der Waals surface area (Å²) in [6, 6.07) is 8.28. The molecule has 2 atom stereocenters. The van der Waals surface area contributed by atoms with Gasteiger partial charge < -0.3 is 19.7 Å². The molecule has 2 heterocycles. The lowest BCUT2D eigenvalue weighted by molar-refractivity contribution is -0.136. The molecule has 1 aliphatic carbocycles. The first-order valence-corrected chi connectivity index (χ1v) is 9.05. The largest absolute Gasteiger partial charge is 0.378 e. The molecule has 1 spiro atoms. The van der Waals surface area contributed by atoms with Crippen molar-refractivity contribution in [1.82, 2.24) is 4.90 Å². The van der Waals surface area contributed by atoms with E-state index in [0.717, 1.165) is 18.0 Å².